The highest BCUT2D eigenvalue weighted by Crippen LogP contribution is 2.39. The molecule has 0 atom stereocenters. The monoisotopic (exact) mass is 408 g/mol. The summed E-state index contributed by atoms with van der Waals surface area (Å²) in [6.07, 6.45) is -5.16. The van der Waals surface area contributed by atoms with Gasteiger partial charge in [-0.3, -0.25) is 9.59 Å². The third kappa shape index (κ3) is 3.17. The van der Waals surface area contributed by atoms with Crippen LogP contribution in [-0.2, 0) is 15.8 Å². The molecule has 0 spiro atoms. The highest BCUT2D eigenvalue weighted by atomic mass is 19.4. The number of alkyl halides is 3. The lowest BCUT2D eigenvalue weighted by Gasteiger charge is -2.20. The average molecular weight is 408 g/mol. The molecule has 0 radical (unpaired) electrons. The Kier molecular flexibility index (Phi) is 5.18. The third-order valence-corrected chi connectivity index (χ3v) is 3.44. The van der Waals surface area contributed by atoms with Crippen LogP contribution in [0.3, 0.4) is 0 Å². The van der Waals surface area contributed by atoms with Crippen LogP contribution in [0.25, 0.3) is 5.69 Å². The predicted octanol–water partition coefficient (Wildman–Crippen LogP) is 3.22. The minimum absolute atomic E-state index is 0.0433. The van der Waals surface area contributed by atoms with Crippen molar-refractivity contribution in [2.24, 2.45) is 0 Å². The number of amides is 2. The summed E-state index contributed by atoms with van der Waals surface area (Å²) in [7, 11) is 0. The molecule has 0 aliphatic carbocycles. The van der Waals surface area contributed by atoms with Crippen molar-refractivity contribution in [1.82, 2.24) is 9.78 Å². The molecule has 1 heterocycles. The molecule has 2 rings (SSSR count). The van der Waals surface area contributed by atoms with E-state index < -0.39 is 63.9 Å². The first-order chi connectivity index (χ1) is 12.8. The smallest absolute Gasteiger partial charge is 0.274 e. The van der Waals surface area contributed by atoms with E-state index in [1.807, 2.05) is 0 Å². The number of carbonyl (C=O) groups excluding carboxylic acids is 2. The molecular formula is C15H7F7N4O2. The van der Waals surface area contributed by atoms with Gasteiger partial charge >= 0.3 is 6.18 Å². The lowest BCUT2D eigenvalue weighted by molar-refractivity contribution is -0.143. The Morgan fingerprint density at radius 2 is 1.50 bits per heavy atom. The Hall–Kier alpha value is -3.43. The topological polar surface area (TPSA) is 79.0 Å². The van der Waals surface area contributed by atoms with E-state index in [1.165, 1.54) is 6.07 Å². The number of rotatable bonds is 2. The molecule has 0 aliphatic rings. The first kappa shape index (κ1) is 20.9. The van der Waals surface area contributed by atoms with E-state index in [-0.39, 0.29) is 9.58 Å². The quantitative estimate of drug-likeness (QED) is 0.565. The van der Waals surface area contributed by atoms with Gasteiger partial charge < -0.3 is 0 Å². The van der Waals surface area contributed by atoms with Crippen LogP contribution in [0.15, 0.2) is 6.20 Å². The molecule has 0 bridgehead atoms. The Balaban J connectivity index is 2.96. The molecule has 0 N–H and O–H groups in total. The number of anilines is 1. The number of nitrogens with zero attached hydrogens (tertiary/aromatic N) is 4. The fourth-order valence-corrected chi connectivity index (χ4v) is 2.37. The van der Waals surface area contributed by atoms with Crippen molar-refractivity contribution >= 4 is 17.6 Å². The molecule has 0 saturated carbocycles. The summed E-state index contributed by atoms with van der Waals surface area (Å²) in [5.74, 6) is -13.6. The highest BCUT2D eigenvalue weighted by molar-refractivity contribution is 6.13. The number of hydrogen-bond acceptors (Lipinski definition) is 4. The summed E-state index contributed by atoms with van der Waals surface area (Å²) in [4.78, 5) is 23.6. The number of carbonyl (C=O) groups is 2. The molecule has 13 heteroatoms. The molecule has 0 fully saturated rings. The van der Waals surface area contributed by atoms with Gasteiger partial charge in [0.15, 0.2) is 29.1 Å². The lowest BCUT2D eigenvalue weighted by Crippen LogP contribution is -2.35. The zero-order valence-electron chi connectivity index (χ0n) is 13.8. The predicted molar refractivity (Wildman–Crippen MR) is 77.0 cm³/mol. The van der Waals surface area contributed by atoms with Crippen molar-refractivity contribution in [2.75, 3.05) is 4.90 Å². The second-order valence-corrected chi connectivity index (χ2v) is 5.26. The average Bonchev–Trinajstić information content (AvgIpc) is 2.95. The van der Waals surface area contributed by atoms with E-state index in [1.54, 1.807) is 0 Å². The van der Waals surface area contributed by atoms with Gasteiger partial charge in [-0.1, -0.05) is 0 Å². The standard InChI is InChI=1S/C15H7F7N4O2/c1-5(27)25(6(2)28)14-7(3-23)4-24-26(14)13-11(18)9(16)8(15(20,21)22)10(17)12(13)19/h4H,1-2H3. The molecule has 2 amide bonds. The van der Waals surface area contributed by atoms with Crippen molar-refractivity contribution in [3.8, 4) is 11.8 Å². The van der Waals surface area contributed by atoms with Crippen LogP contribution in [0.2, 0.25) is 0 Å². The van der Waals surface area contributed by atoms with Gasteiger partial charge in [-0.2, -0.15) is 23.5 Å². The normalized spacial score (nSPS) is 11.3. The van der Waals surface area contributed by atoms with Crippen LogP contribution >= 0.6 is 0 Å². The van der Waals surface area contributed by atoms with Crippen molar-refractivity contribution in [2.45, 2.75) is 20.0 Å². The first-order valence-electron chi connectivity index (χ1n) is 7.07. The van der Waals surface area contributed by atoms with Gasteiger partial charge in [0, 0.05) is 13.8 Å². The van der Waals surface area contributed by atoms with Gasteiger partial charge in [-0.15, -0.1) is 0 Å². The zero-order chi connectivity index (χ0) is 21.5. The van der Waals surface area contributed by atoms with Crippen molar-refractivity contribution in [3.63, 3.8) is 0 Å². The maximum absolute atomic E-state index is 14.3. The molecule has 0 aliphatic heterocycles. The van der Waals surface area contributed by atoms with Gasteiger partial charge in [0.2, 0.25) is 11.8 Å². The van der Waals surface area contributed by atoms with Crippen LogP contribution in [0.1, 0.15) is 25.0 Å². The van der Waals surface area contributed by atoms with E-state index in [0.717, 1.165) is 13.8 Å². The Labute approximate surface area is 151 Å². The lowest BCUT2D eigenvalue weighted by atomic mass is 10.1. The first-order valence-corrected chi connectivity index (χ1v) is 7.07. The highest BCUT2D eigenvalue weighted by Gasteiger charge is 2.43. The summed E-state index contributed by atoms with van der Waals surface area (Å²) < 4.78 is 94.3. The molecule has 1 aromatic heterocycles. The number of benzene rings is 1. The van der Waals surface area contributed by atoms with Crippen LogP contribution in [0.5, 0.6) is 0 Å². The third-order valence-electron chi connectivity index (χ3n) is 3.44. The van der Waals surface area contributed by atoms with E-state index in [4.69, 9.17) is 5.26 Å². The Morgan fingerprint density at radius 1 is 1.04 bits per heavy atom. The van der Waals surface area contributed by atoms with Gasteiger partial charge in [0.25, 0.3) is 0 Å². The van der Waals surface area contributed by atoms with Crippen LogP contribution in [-0.4, -0.2) is 21.6 Å². The molecule has 148 valence electrons. The second kappa shape index (κ2) is 6.95. The summed E-state index contributed by atoms with van der Waals surface area (Å²) in [5, 5.41) is 12.3. The van der Waals surface area contributed by atoms with Crippen molar-refractivity contribution in [1.29, 1.82) is 5.26 Å². The number of nitriles is 1. The minimum Gasteiger partial charge on any atom is -0.274 e. The van der Waals surface area contributed by atoms with Gasteiger partial charge in [0.05, 0.1) is 6.20 Å². The molecule has 1 aromatic carbocycles. The summed E-state index contributed by atoms with van der Waals surface area (Å²) in [6.45, 7) is 1.64. The van der Waals surface area contributed by atoms with Crippen molar-refractivity contribution < 1.29 is 40.3 Å². The van der Waals surface area contributed by atoms with E-state index in [2.05, 4.69) is 5.10 Å². The molecular weight excluding hydrogens is 401 g/mol. The Bertz CT molecular complexity index is 993. The number of halogens is 7. The van der Waals surface area contributed by atoms with Crippen LogP contribution < -0.4 is 4.90 Å². The SMILES string of the molecule is CC(=O)N(C(C)=O)c1c(C#N)cnn1-c1c(F)c(F)c(C(F)(F)F)c(F)c1F. The van der Waals surface area contributed by atoms with E-state index in [9.17, 15) is 40.3 Å². The van der Waals surface area contributed by atoms with Crippen LogP contribution in [0, 0.1) is 34.6 Å². The maximum Gasteiger partial charge on any atom is 0.422 e. The second-order valence-electron chi connectivity index (χ2n) is 5.26. The van der Waals surface area contributed by atoms with Gasteiger partial charge in [0.1, 0.15) is 22.9 Å². The minimum atomic E-state index is -5.76. The van der Waals surface area contributed by atoms with Gasteiger partial charge in [-0.05, 0) is 0 Å². The summed E-state index contributed by atoms with van der Waals surface area (Å²) in [5.41, 5.74) is -5.22. The molecule has 2 aromatic rings. The van der Waals surface area contributed by atoms with Gasteiger partial charge in [-0.25, -0.2) is 27.1 Å². The molecule has 0 unspecified atom stereocenters. The number of hydrogen-bond donors (Lipinski definition) is 0. The zero-order valence-corrected chi connectivity index (χ0v) is 13.8. The molecule has 28 heavy (non-hydrogen) atoms. The summed E-state index contributed by atoms with van der Waals surface area (Å²) >= 11 is 0. The fourth-order valence-electron chi connectivity index (χ4n) is 2.37. The number of imide groups is 1. The van der Waals surface area contributed by atoms with Crippen molar-refractivity contribution in [3.05, 3.63) is 40.6 Å². The number of aromatic nitrogens is 2. The summed E-state index contributed by atoms with van der Waals surface area (Å²) in [6, 6.07) is 1.44. The van der Waals surface area contributed by atoms with E-state index in [0.29, 0.717) is 6.20 Å². The largest absolute Gasteiger partial charge is 0.422 e. The molecule has 0 saturated heterocycles. The Morgan fingerprint density at radius 3 is 1.86 bits per heavy atom. The molecule has 6 nitrogen and oxygen atoms in total. The maximum atomic E-state index is 14.3. The van der Waals surface area contributed by atoms with E-state index >= 15 is 0 Å². The van der Waals surface area contributed by atoms with Crippen LogP contribution in [0.4, 0.5) is 36.6 Å². The fraction of sp³-hybridized carbons (Fsp3) is 0.200.